The summed E-state index contributed by atoms with van der Waals surface area (Å²) < 4.78 is 0. The maximum absolute atomic E-state index is 4.63. The van der Waals surface area contributed by atoms with Crippen molar-refractivity contribution in [1.29, 1.82) is 0 Å². The number of hydrogen-bond acceptors (Lipinski definition) is 5. The molecule has 4 nitrogen and oxygen atoms in total. The lowest BCUT2D eigenvalue weighted by Crippen LogP contribution is -1.87. The van der Waals surface area contributed by atoms with Gasteiger partial charge in [-0.15, -0.1) is 16.4 Å². The second-order valence-corrected chi connectivity index (χ2v) is 7.29. The van der Waals surface area contributed by atoms with Gasteiger partial charge in [0, 0.05) is 22.6 Å². The van der Waals surface area contributed by atoms with Gasteiger partial charge in [-0.05, 0) is 6.92 Å². The minimum atomic E-state index is 0.486. The Labute approximate surface area is 138 Å². The molecule has 0 unspecified atom stereocenters. The highest BCUT2D eigenvalue weighted by atomic mass is 32.2. The molecule has 0 saturated heterocycles. The number of H-pyrrole nitrogens is 1. The van der Waals surface area contributed by atoms with Crippen molar-refractivity contribution in [2.45, 2.75) is 37.6 Å². The Morgan fingerprint density at radius 3 is 2.64 bits per heavy atom. The number of nitrogens with one attached hydrogen (secondary N) is 1. The standard InChI is InChI=1S/C16H18N4S2/c1-10(2)15-17-13(8-21-15)9-22-16-18-14(19-20-16)12-6-4-11(3)5-7-12/h4-8,10H,9H2,1-3H3,(H,18,19,20). The smallest absolute Gasteiger partial charge is 0.209 e. The molecular formula is C16H18N4S2. The van der Waals surface area contributed by atoms with E-state index >= 15 is 0 Å². The maximum atomic E-state index is 4.63. The fourth-order valence-electron chi connectivity index (χ4n) is 1.94. The van der Waals surface area contributed by atoms with E-state index in [1.54, 1.807) is 23.1 Å². The number of thiazole rings is 1. The predicted octanol–water partition coefficient (Wildman–Crippen LogP) is 4.65. The van der Waals surface area contributed by atoms with Crippen LogP contribution in [0.1, 0.15) is 36.0 Å². The Hall–Kier alpha value is -1.66. The van der Waals surface area contributed by atoms with E-state index in [0.29, 0.717) is 5.92 Å². The molecule has 0 aliphatic heterocycles. The van der Waals surface area contributed by atoms with E-state index in [2.05, 4.69) is 70.6 Å². The first-order valence-corrected chi connectivity index (χ1v) is 9.05. The summed E-state index contributed by atoms with van der Waals surface area (Å²) in [5.41, 5.74) is 3.39. The summed E-state index contributed by atoms with van der Waals surface area (Å²) in [6.07, 6.45) is 0. The van der Waals surface area contributed by atoms with Crippen LogP contribution in [0, 0.1) is 6.92 Å². The van der Waals surface area contributed by atoms with Crippen molar-refractivity contribution in [3.05, 3.63) is 45.9 Å². The molecule has 0 spiro atoms. The Balaban J connectivity index is 1.65. The van der Waals surface area contributed by atoms with Crippen molar-refractivity contribution in [3.63, 3.8) is 0 Å². The number of benzene rings is 1. The Morgan fingerprint density at radius 2 is 1.95 bits per heavy atom. The molecule has 0 amide bonds. The third-order valence-electron chi connectivity index (χ3n) is 3.20. The molecule has 3 aromatic rings. The lowest BCUT2D eigenvalue weighted by atomic mass is 10.1. The number of thioether (sulfide) groups is 1. The van der Waals surface area contributed by atoms with Gasteiger partial charge in [0.15, 0.2) is 5.82 Å². The van der Waals surface area contributed by atoms with Gasteiger partial charge in [0.2, 0.25) is 5.16 Å². The molecule has 1 N–H and O–H groups in total. The third-order valence-corrected chi connectivity index (χ3v) is 5.28. The molecule has 6 heteroatoms. The summed E-state index contributed by atoms with van der Waals surface area (Å²) in [6.45, 7) is 6.41. The van der Waals surface area contributed by atoms with Gasteiger partial charge >= 0.3 is 0 Å². The van der Waals surface area contributed by atoms with Gasteiger partial charge in [0.05, 0.1) is 10.7 Å². The van der Waals surface area contributed by atoms with E-state index in [4.69, 9.17) is 0 Å². The summed E-state index contributed by atoms with van der Waals surface area (Å²) in [7, 11) is 0. The van der Waals surface area contributed by atoms with Gasteiger partial charge in [-0.3, -0.25) is 5.10 Å². The van der Waals surface area contributed by atoms with Crippen molar-refractivity contribution in [2.75, 3.05) is 0 Å². The van der Waals surface area contributed by atoms with Crippen LogP contribution in [0.2, 0.25) is 0 Å². The van der Waals surface area contributed by atoms with Crippen LogP contribution in [0.5, 0.6) is 0 Å². The quantitative estimate of drug-likeness (QED) is 0.692. The van der Waals surface area contributed by atoms with Gasteiger partial charge in [-0.25, -0.2) is 9.97 Å². The highest BCUT2D eigenvalue weighted by molar-refractivity contribution is 7.98. The number of aromatic nitrogens is 4. The lowest BCUT2D eigenvalue weighted by molar-refractivity contribution is 0.846. The molecule has 0 radical (unpaired) electrons. The van der Waals surface area contributed by atoms with Crippen molar-refractivity contribution >= 4 is 23.1 Å². The average molecular weight is 330 g/mol. The number of aromatic amines is 1. The maximum Gasteiger partial charge on any atom is 0.209 e. The van der Waals surface area contributed by atoms with Crippen LogP contribution in [0.3, 0.4) is 0 Å². The lowest BCUT2D eigenvalue weighted by Gasteiger charge is -1.97. The van der Waals surface area contributed by atoms with Crippen molar-refractivity contribution in [1.82, 2.24) is 20.2 Å². The molecule has 0 saturated carbocycles. The summed E-state index contributed by atoms with van der Waals surface area (Å²) in [4.78, 5) is 9.17. The Morgan fingerprint density at radius 1 is 1.18 bits per heavy atom. The minimum Gasteiger partial charge on any atom is -0.258 e. The molecule has 2 heterocycles. The zero-order valence-corrected chi connectivity index (χ0v) is 14.5. The normalized spacial score (nSPS) is 11.3. The SMILES string of the molecule is Cc1ccc(-c2nc(SCc3csc(C(C)C)n3)n[nH]2)cc1. The predicted molar refractivity (Wildman–Crippen MR) is 92.3 cm³/mol. The first-order chi connectivity index (χ1) is 10.6. The summed E-state index contributed by atoms with van der Waals surface area (Å²) in [5.74, 6) is 2.10. The molecule has 0 aliphatic carbocycles. The highest BCUT2D eigenvalue weighted by Crippen LogP contribution is 2.25. The first kappa shape index (κ1) is 15.2. The molecule has 22 heavy (non-hydrogen) atoms. The number of nitrogens with zero attached hydrogens (tertiary/aromatic N) is 3. The monoisotopic (exact) mass is 330 g/mol. The summed E-state index contributed by atoms with van der Waals surface area (Å²) in [5, 5.41) is 11.3. The van der Waals surface area contributed by atoms with Crippen LogP contribution in [-0.4, -0.2) is 20.2 Å². The zero-order chi connectivity index (χ0) is 15.5. The molecule has 0 bridgehead atoms. The van der Waals surface area contributed by atoms with Crippen LogP contribution in [-0.2, 0) is 5.75 Å². The highest BCUT2D eigenvalue weighted by Gasteiger charge is 2.09. The molecule has 114 valence electrons. The van der Waals surface area contributed by atoms with Crippen LogP contribution in [0.25, 0.3) is 11.4 Å². The zero-order valence-electron chi connectivity index (χ0n) is 12.8. The minimum absolute atomic E-state index is 0.486. The fraction of sp³-hybridized carbons (Fsp3) is 0.312. The van der Waals surface area contributed by atoms with E-state index in [1.807, 2.05) is 0 Å². The number of rotatable bonds is 5. The van der Waals surface area contributed by atoms with Gasteiger partial charge in [-0.2, -0.15) is 0 Å². The van der Waals surface area contributed by atoms with E-state index in [9.17, 15) is 0 Å². The fourth-order valence-corrected chi connectivity index (χ4v) is 3.58. The summed E-state index contributed by atoms with van der Waals surface area (Å²) in [6, 6.07) is 8.26. The van der Waals surface area contributed by atoms with Crippen LogP contribution < -0.4 is 0 Å². The molecule has 1 aromatic carbocycles. The van der Waals surface area contributed by atoms with E-state index in [1.165, 1.54) is 10.6 Å². The number of hydrogen-bond donors (Lipinski definition) is 1. The second-order valence-electron chi connectivity index (χ2n) is 5.45. The molecular weight excluding hydrogens is 312 g/mol. The molecule has 2 aromatic heterocycles. The molecule has 3 rings (SSSR count). The Kier molecular flexibility index (Phi) is 4.59. The molecule has 0 atom stereocenters. The molecule has 0 aliphatic rings. The van der Waals surface area contributed by atoms with Crippen LogP contribution in [0.4, 0.5) is 0 Å². The van der Waals surface area contributed by atoms with E-state index < -0.39 is 0 Å². The summed E-state index contributed by atoms with van der Waals surface area (Å²) >= 11 is 3.33. The van der Waals surface area contributed by atoms with Crippen LogP contribution in [0.15, 0.2) is 34.8 Å². The van der Waals surface area contributed by atoms with Gasteiger partial charge in [0.25, 0.3) is 0 Å². The number of aryl methyl sites for hydroxylation is 1. The van der Waals surface area contributed by atoms with Crippen LogP contribution >= 0.6 is 23.1 Å². The molecule has 0 fully saturated rings. The van der Waals surface area contributed by atoms with E-state index in [-0.39, 0.29) is 0 Å². The average Bonchev–Trinajstić information content (AvgIpc) is 3.15. The third kappa shape index (κ3) is 3.56. The largest absolute Gasteiger partial charge is 0.258 e. The topological polar surface area (TPSA) is 54.5 Å². The second kappa shape index (κ2) is 6.62. The van der Waals surface area contributed by atoms with Gasteiger partial charge < -0.3 is 0 Å². The first-order valence-electron chi connectivity index (χ1n) is 7.18. The van der Waals surface area contributed by atoms with Gasteiger partial charge in [0.1, 0.15) is 0 Å². The van der Waals surface area contributed by atoms with Gasteiger partial charge in [-0.1, -0.05) is 55.4 Å². The Bertz CT molecular complexity index is 744. The van der Waals surface area contributed by atoms with E-state index in [0.717, 1.165) is 28.0 Å². The van der Waals surface area contributed by atoms with Crippen molar-refractivity contribution < 1.29 is 0 Å². The van der Waals surface area contributed by atoms with Crippen molar-refractivity contribution in [2.24, 2.45) is 0 Å². The van der Waals surface area contributed by atoms with Crippen molar-refractivity contribution in [3.8, 4) is 11.4 Å².